The molecular weight excluding hydrogens is 282 g/mol. The average molecular weight is 297 g/mol. The molecule has 5 heteroatoms. The third-order valence-corrected chi connectivity index (χ3v) is 3.89. The van der Waals surface area contributed by atoms with Gasteiger partial charge in [-0.3, -0.25) is 4.79 Å². The Morgan fingerprint density at radius 2 is 1.86 bits per heavy atom. The van der Waals surface area contributed by atoms with Crippen molar-refractivity contribution in [2.75, 3.05) is 18.7 Å². The predicted octanol–water partition coefficient (Wildman–Crippen LogP) is 2.61. The van der Waals surface area contributed by atoms with Crippen LogP contribution in [0.3, 0.4) is 0 Å². The van der Waals surface area contributed by atoms with Gasteiger partial charge in [-0.1, -0.05) is 18.2 Å². The molecule has 0 aliphatic carbocycles. The molecule has 1 atom stereocenters. The fourth-order valence-corrected chi connectivity index (χ4v) is 2.72. The van der Waals surface area contributed by atoms with Crippen LogP contribution in [0.1, 0.15) is 5.56 Å². The van der Waals surface area contributed by atoms with Crippen molar-refractivity contribution in [3.05, 3.63) is 48.0 Å². The number of para-hydroxylation sites is 1. The molecule has 0 unspecified atom stereocenters. The summed E-state index contributed by atoms with van der Waals surface area (Å²) in [6, 6.07) is 13.2. The Balaban J connectivity index is 1.47. The van der Waals surface area contributed by atoms with E-state index in [1.807, 2.05) is 30.3 Å². The number of fused-ring (bicyclic) bond motifs is 2. The molecule has 0 saturated heterocycles. The highest BCUT2D eigenvalue weighted by molar-refractivity contribution is 5.93. The summed E-state index contributed by atoms with van der Waals surface area (Å²) in [4.78, 5) is 12.4. The standard InChI is InChI=1S/C17H15NO4/c19-17(12-7-11-3-1-2-4-14(11)20-9-12)18-13-5-6-15-16(8-13)22-10-21-15/h1-6,8,12H,7,9-10H2,(H,18,19)/t12-/m0/s1. The first-order valence-electron chi connectivity index (χ1n) is 7.21. The van der Waals surface area contributed by atoms with Crippen LogP contribution in [0.4, 0.5) is 5.69 Å². The van der Waals surface area contributed by atoms with Crippen LogP contribution in [0.25, 0.3) is 0 Å². The van der Waals surface area contributed by atoms with Gasteiger partial charge in [0, 0.05) is 11.8 Å². The van der Waals surface area contributed by atoms with Gasteiger partial charge in [-0.2, -0.15) is 0 Å². The fraction of sp³-hybridized carbons (Fsp3) is 0.235. The number of carbonyl (C=O) groups excluding carboxylic acids is 1. The summed E-state index contributed by atoms with van der Waals surface area (Å²) in [5.74, 6) is 1.99. The fourth-order valence-electron chi connectivity index (χ4n) is 2.72. The van der Waals surface area contributed by atoms with E-state index in [-0.39, 0.29) is 18.6 Å². The van der Waals surface area contributed by atoms with Crippen molar-refractivity contribution in [2.24, 2.45) is 5.92 Å². The highest BCUT2D eigenvalue weighted by atomic mass is 16.7. The summed E-state index contributed by atoms with van der Waals surface area (Å²) in [6.45, 7) is 0.618. The van der Waals surface area contributed by atoms with Gasteiger partial charge in [0.25, 0.3) is 0 Å². The van der Waals surface area contributed by atoms with Crippen LogP contribution in [0.2, 0.25) is 0 Å². The van der Waals surface area contributed by atoms with Gasteiger partial charge in [0.1, 0.15) is 12.4 Å². The van der Waals surface area contributed by atoms with E-state index in [0.717, 1.165) is 11.3 Å². The van der Waals surface area contributed by atoms with E-state index < -0.39 is 0 Å². The quantitative estimate of drug-likeness (QED) is 0.925. The van der Waals surface area contributed by atoms with Gasteiger partial charge in [0.05, 0.1) is 5.92 Å². The number of amides is 1. The number of nitrogens with one attached hydrogen (secondary N) is 1. The maximum Gasteiger partial charge on any atom is 0.231 e. The monoisotopic (exact) mass is 297 g/mol. The molecule has 0 fully saturated rings. The largest absolute Gasteiger partial charge is 0.492 e. The Hall–Kier alpha value is -2.69. The van der Waals surface area contributed by atoms with Crippen molar-refractivity contribution in [1.29, 1.82) is 0 Å². The van der Waals surface area contributed by atoms with Crippen LogP contribution >= 0.6 is 0 Å². The lowest BCUT2D eigenvalue weighted by Crippen LogP contribution is -2.32. The molecule has 0 aromatic heterocycles. The topological polar surface area (TPSA) is 56.8 Å². The molecule has 5 nitrogen and oxygen atoms in total. The number of ether oxygens (including phenoxy) is 3. The van der Waals surface area contributed by atoms with Crippen LogP contribution in [-0.4, -0.2) is 19.3 Å². The molecule has 2 heterocycles. The van der Waals surface area contributed by atoms with E-state index >= 15 is 0 Å². The van der Waals surface area contributed by atoms with Crippen molar-refractivity contribution in [2.45, 2.75) is 6.42 Å². The molecule has 0 saturated carbocycles. The van der Waals surface area contributed by atoms with E-state index in [4.69, 9.17) is 14.2 Å². The first-order chi connectivity index (χ1) is 10.8. The zero-order chi connectivity index (χ0) is 14.9. The number of benzene rings is 2. The lowest BCUT2D eigenvalue weighted by molar-refractivity contribution is -0.121. The number of hydrogen-bond donors (Lipinski definition) is 1. The Bertz CT molecular complexity index is 728. The summed E-state index contributed by atoms with van der Waals surface area (Å²) in [5, 5.41) is 2.92. The molecule has 2 aliphatic heterocycles. The Morgan fingerprint density at radius 3 is 2.82 bits per heavy atom. The highest BCUT2D eigenvalue weighted by Gasteiger charge is 2.26. The van der Waals surface area contributed by atoms with E-state index in [1.54, 1.807) is 12.1 Å². The SMILES string of the molecule is O=C(Nc1ccc2c(c1)OCO2)[C@@H]1COc2ccccc2C1. The summed E-state index contributed by atoms with van der Waals surface area (Å²) < 4.78 is 16.2. The molecule has 4 rings (SSSR count). The molecule has 1 amide bonds. The van der Waals surface area contributed by atoms with E-state index in [1.165, 1.54) is 0 Å². The molecule has 2 aromatic carbocycles. The van der Waals surface area contributed by atoms with E-state index in [9.17, 15) is 4.79 Å². The molecule has 2 aromatic rings. The van der Waals surface area contributed by atoms with Gasteiger partial charge in [-0.25, -0.2) is 0 Å². The van der Waals surface area contributed by atoms with Crippen molar-refractivity contribution >= 4 is 11.6 Å². The van der Waals surface area contributed by atoms with Gasteiger partial charge >= 0.3 is 0 Å². The first kappa shape index (κ1) is 13.0. The first-order valence-corrected chi connectivity index (χ1v) is 7.21. The smallest absolute Gasteiger partial charge is 0.231 e. The van der Waals surface area contributed by atoms with Gasteiger partial charge in [-0.05, 0) is 30.2 Å². The van der Waals surface area contributed by atoms with Crippen molar-refractivity contribution in [3.63, 3.8) is 0 Å². The molecular formula is C17H15NO4. The van der Waals surface area contributed by atoms with E-state index in [2.05, 4.69) is 5.32 Å². The molecule has 0 spiro atoms. The number of anilines is 1. The minimum atomic E-state index is -0.194. The molecule has 0 bridgehead atoms. The number of carbonyl (C=O) groups is 1. The Labute approximate surface area is 127 Å². The third kappa shape index (κ3) is 2.35. The zero-order valence-corrected chi connectivity index (χ0v) is 11.9. The minimum Gasteiger partial charge on any atom is -0.492 e. The second-order valence-electron chi connectivity index (χ2n) is 5.38. The predicted molar refractivity (Wildman–Crippen MR) is 80.3 cm³/mol. The van der Waals surface area contributed by atoms with Gasteiger partial charge in [-0.15, -0.1) is 0 Å². The Morgan fingerprint density at radius 1 is 1.00 bits per heavy atom. The summed E-state index contributed by atoms with van der Waals surface area (Å²) in [7, 11) is 0. The summed E-state index contributed by atoms with van der Waals surface area (Å²) in [6.07, 6.45) is 0.687. The maximum atomic E-state index is 12.4. The van der Waals surface area contributed by atoms with E-state index in [0.29, 0.717) is 30.2 Å². The van der Waals surface area contributed by atoms with Gasteiger partial charge in [0.15, 0.2) is 11.5 Å². The zero-order valence-electron chi connectivity index (χ0n) is 11.9. The van der Waals surface area contributed by atoms with Crippen LogP contribution in [0.5, 0.6) is 17.2 Å². The molecule has 112 valence electrons. The number of rotatable bonds is 2. The highest BCUT2D eigenvalue weighted by Crippen LogP contribution is 2.34. The Kier molecular flexibility index (Phi) is 3.11. The summed E-state index contributed by atoms with van der Waals surface area (Å²) in [5.41, 5.74) is 1.77. The molecule has 22 heavy (non-hydrogen) atoms. The molecule has 2 aliphatic rings. The van der Waals surface area contributed by atoms with Crippen molar-refractivity contribution in [1.82, 2.24) is 0 Å². The van der Waals surface area contributed by atoms with Gasteiger partial charge < -0.3 is 19.5 Å². The van der Waals surface area contributed by atoms with Gasteiger partial charge in [0.2, 0.25) is 12.7 Å². The van der Waals surface area contributed by atoms with Crippen LogP contribution in [0, 0.1) is 5.92 Å². The average Bonchev–Trinajstić information content (AvgIpc) is 3.02. The summed E-state index contributed by atoms with van der Waals surface area (Å²) >= 11 is 0. The lowest BCUT2D eigenvalue weighted by Gasteiger charge is -2.24. The maximum absolute atomic E-state index is 12.4. The van der Waals surface area contributed by atoms with Crippen LogP contribution < -0.4 is 19.5 Å². The van der Waals surface area contributed by atoms with Crippen LogP contribution in [-0.2, 0) is 11.2 Å². The minimum absolute atomic E-state index is 0.0478. The second kappa shape index (κ2) is 5.26. The second-order valence-corrected chi connectivity index (χ2v) is 5.38. The lowest BCUT2D eigenvalue weighted by atomic mass is 9.96. The molecule has 0 radical (unpaired) electrons. The normalized spacial score (nSPS) is 18.3. The van der Waals surface area contributed by atoms with Crippen molar-refractivity contribution < 1.29 is 19.0 Å². The van der Waals surface area contributed by atoms with Crippen LogP contribution in [0.15, 0.2) is 42.5 Å². The third-order valence-electron chi connectivity index (χ3n) is 3.89. The van der Waals surface area contributed by atoms with Crippen molar-refractivity contribution in [3.8, 4) is 17.2 Å². The molecule has 1 N–H and O–H groups in total. The number of hydrogen-bond acceptors (Lipinski definition) is 4.